The van der Waals surface area contributed by atoms with Gasteiger partial charge in [-0.1, -0.05) is 31.5 Å². The fourth-order valence-corrected chi connectivity index (χ4v) is 1.86. The second kappa shape index (κ2) is 6.64. The predicted octanol–water partition coefficient (Wildman–Crippen LogP) is 4.83. The molecule has 0 saturated heterocycles. The maximum atomic E-state index is 12.6. The second-order valence-corrected chi connectivity index (χ2v) is 4.88. The smallest absolute Gasteiger partial charge is 0.324 e. The number of halogens is 5. The number of rotatable bonds is 3. The maximum absolute atomic E-state index is 12.6. The number of nitrogens with two attached hydrogens (primary N) is 1. The minimum Gasteiger partial charge on any atom is -0.324 e. The fourth-order valence-electron chi connectivity index (χ4n) is 1.63. The van der Waals surface area contributed by atoms with E-state index in [1.165, 1.54) is 6.07 Å². The third-order valence-corrected chi connectivity index (χ3v) is 2.78. The topological polar surface area (TPSA) is 26.0 Å². The summed E-state index contributed by atoms with van der Waals surface area (Å²) < 4.78 is 37.9. The molecule has 1 nitrogen and oxygen atoms in total. The first-order valence-corrected chi connectivity index (χ1v) is 5.72. The zero-order chi connectivity index (χ0) is 13.2. The zero-order valence-electron chi connectivity index (χ0n) is 10.1. The highest BCUT2D eigenvalue weighted by Crippen LogP contribution is 2.36. The van der Waals surface area contributed by atoms with Gasteiger partial charge in [-0.3, -0.25) is 0 Å². The Balaban J connectivity index is 0.00000289. The molecule has 0 saturated carbocycles. The van der Waals surface area contributed by atoms with Crippen molar-refractivity contribution >= 4 is 24.0 Å². The number of benzene rings is 1. The van der Waals surface area contributed by atoms with Crippen LogP contribution >= 0.6 is 24.0 Å². The van der Waals surface area contributed by atoms with Gasteiger partial charge in [0.1, 0.15) is 0 Å². The molecular weight excluding hydrogens is 286 g/mol. The molecule has 1 aromatic rings. The molecule has 0 aliphatic heterocycles. The predicted molar refractivity (Wildman–Crippen MR) is 70.1 cm³/mol. The summed E-state index contributed by atoms with van der Waals surface area (Å²) in [6.45, 7) is 3.95. The summed E-state index contributed by atoms with van der Waals surface area (Å²) in [5.41, 5.74) is 5.49. The Hall–Kier alpha value is -0.450. The molecule has 0 aromatic heterocycles. The molecule has 1 rings (SSSR count). The Bertz CT molecular complexity index is 391. The molecule has 2 N–H and O–H groups in total. The Labute approximate surface area is 116 Å². The highest BCUT2D eigenvalue weighted by molar-refractivity contribution is 6.31. The molecule has 0 amide bonds. The van der Waals surface area contributed by atoms with Crippen molar-refractivity contribution < 1.29 is 13.2 Å². The summed E-state index contributed by atoms with van der Waals surface area (Å²) in [4.78, 5) is 0. The van der Waals surface area contributed by atoms with Crippen molar-refractivity contribution in [1.29, 1.82) is 0 Å². The first kappa shape index (κ1) is 17.6. The SMILES string of the molecule is CC(C)C[C@@H](N)c1ccc(Cl)c(C(F)(F)F)c1.Cl. The van der Waals surface area contributed by atoms with Gasteiger partial charge in [0.2, 0.25) is 0 Å². The van der Waals surface area contributed by atoms with E-state index in [1.807, 2.05) is 13.8 Å². The lowest BCUT2D eigenvalue weighted by atomic mass is 9.96. The van der Waals surface area contributed by atoms with Crippen LogP contribution in [0.4, 0.5) is 13.2 Å². The van der Waals surface area contributed by atoms with E-state index in [-0.39, 0.29) is 17.4 Å². The quantitative estimate of drug-likeness (QED) is 0.850. The van der Waals surface area contributed by atoms with Gasteiger partial charge in [0.05, 0.1) is 10.6 Å². The molecule has 0 aliphatic carbocycles. The molecule has 0 radical (unpaired) electrons. The first-order chi connectivity index (χ1) is 7.71. The molecule has 1 aromatic carbocycles. The van der Waals surface area contributed by atoms with E-state index in [0.29, 0.717) is 17.9 Å². The Morgan fingerprint density at radius 3 is 2.28 bits per heavy atom. The number of hydrogen-bond donors (Lipinski definition) is 1. The highest BCUT2D eigenvalue weighted by Gasteiger charge is 2.33. The lowest BCUT2D eigenvalue weighted by molar-refractivity contribution is -0.137. The standard InChI is InChI=1S/C12H15ClF3N.ClH/c1-7(2)5-11(17)8-3-4-10(13)9(6-8)12(14,15)16;/h3-4,6-7,11H,5,17H2,1-2H3;1H/t11-;/m1./s1. The lowest BCUT2D eigenvalue weighted by Gasteiger charge is -2.17. The van der Waals surface area contributed by atoms with Crippen LogP contribution in [0.3, 0.4) is 0 Å². The van der Waals surface area contributed by atoms with Crippen molar-refractivity contribution in [3.8, 4) is 0 Å². The van der Waals surface area contributed by atoms with E-state index in [0.717, 1.165) is 6.07 Å². The third kappa shape index (κ3) is 4.67. The fraction of sp³-hybridized carbons (Fsp3) is 0.500. The van der Waals surface area contributed by atoms with Crippen LogP contribution in [0, 0.1) is 5.92 Å². The van der Waals surface area contributed by atoms with Crippen LogP contribution in [0.15, 0.2) is 18.2 Å². The van der Waals surface area contributed by atoms with E-state index in [1.54, 1.807) is 6.07 Å². The maximum Gasteiger partial charge on any atom is 0.417 e. The van der Waals surface area contributed by atoms with Gasteiger partial charge >= 0.3 is 6.18 Å². The van der Waals surface area contributed by atoms with E-state index in [2.05, 4.69) is 0 Å². The van der Waals surface area contributed by atoms with Crippen LogP contribution in [-0.2, 0) is 6.18 Å². The molecule has 0 heterocycles. The summed E-state index contributed by atoms with van der Waals surface area (Å²) in [5, 5.41) is -0.294. The van der Waals surface area contributed by atoms with Gasteiger partial charge < -0.3 is 5.73 Å². The largest absolute Gasteiger partial charge is 0.417 e. The highest BCUT2D eigenvalue weighted by atomic mass is 35.5. The Morgan fingerprint density at radius 2 is 1.83 bits per heavy atom. The summed E-state index contributed by atoms with van der Waals surface area (Å²) in [5.74, 6) is 0.329. The van der Waals surface area contributed by atoms with Crippen molar-refractivity contribution in [1.82, 2.24) is 0 Å². The van der Waals surface area contributed by atoms with Gasteiger partial charge in [0.15, 0.2) is 0 Å². The van der Waals surface area contributed by atoms with Gasteiger partial charge in [-0.05, 0) is 30.0 Å². The Morgan fingerprint density at radius 1 is 1.28 bits per heavy atom. The average Bonchev–Trinajstić information content (AvgIpc) is 2.15. The normalized spacial score (nSPS) is 13.3. The summed E-state index contributed by atoms with van der Waals surface area (Å²) >= 11 is 5.53. The summed E-state index contributed by atoms with van der Waals surface area (Å²) in [6.07, 6.45) is -3.80. The molecule has 1 atom stereocenters. The molecule has 18 heavy (non-hydrogen) atoms. The van der Waals surface area contributed by atoms with Crippen molar-refractivity contribution in [2.24, 2.45) is 11.7 Å². The molecule has 0 spiro atoms. The molecule has 104 valence electrons. The van der Waals surface area contributed by atoms with Gasteiger partial charge in [-0.2, -0.15) is 13.2 Å². The van der Waals surface area contributed by atoms with Crippen LogP contribution in [0.5, 0.6) is 0 Å². The van der Waals surface area contributed by atoms with Crippen LogP contribution in [0.2, 0.25) is 5.02 Å². The van der Waals surface area contributed by atoms with Crippen LogP contribution in [-0.4, -0.2) is 0 Å². The molecule has 6 heteroatoms. The second-order valence-electron chi connectivity index (χ2n) is 4.47. The van der Waals surface area contributed by atoms with Crippen molar-refractivity contribution in [3.63, 3.8) is 0 Å². The number of hydrogen-bond acceptors (Lipinski definition) is 1. The summed E-state index contributed by atoms with van der Waals surface area (Å²) in [7, 11) is 0. The van der Waals surface area contributed by atoms with E-state index in [4.69, 9.17) is 17.3 Å². The van der Waals surface area contributed by atoms with Gasteiger partial charge in [0, 0.05) is 6.04 Å². The third-order valence-electron chi connectivity index (χ3n) is 2.45. The van der Waals surface area contributed by atoms with Crippen LogP contribution in [0.1, 0.15) is 37.4 Å². The molecule has 0 aliphatic rings. The molecule has 0 fully saturated rings. The van der Waals surface area contributed by atoms with Crippen molar-refractivity contribution in [2.45, 2.75) is 32.5 Å². The molecule has 0 bridgehead atoms. The van der Waals surface area contributed by atoms with Crippen molar-refractivity contribution in [3.05, 3.63) is 34.3 Å². The average molecular weight is 302 g/mol. The minimum atomic E-state index is -4.44. The minimum absolute atomic E-state index is 0. The van der Waals surface area contributed by atoms with Crippen molar-refractivity contribution in [2.75, 3.05) is 0 Å². The zero-order valence-corrected chi connectivity index (χ0v) is 11.7. The van der Waals surface area contributed by atoms with E-state index in [9.17, 15) is 13.2 Å². The van der Waals surface area contributed by atoms with Gasteiger partial charge in [-0.25, -0.2) is 0 Å². The number of alkyl halides is 3. The molecular formula is C12H16Cl2F3N. The van der Waals surface area contributed by atoms with Gasteiger partial charge in [0.25, 0.3) is 0 Å². The Kier molecular flexibility index (Phi) is 6.47. The lowest BCUT2D eigenvalue weighted by Crippen LogP contribution is -2.15. The van der Waals surface area contributed by atoms with Crippen LogP contribution in [0.25, 0.3) is 0 Å². The first-order valence-electron chi connectivity index (χ1n) is 5.34. The van der Waals surface area contributed by atoms with Gasteiger partial charge in [-0.15, -0.1) is 12.4 Å². The van der Waals surface area contributed by atoms with E-state index < -0.39 is 17.8 Å². The van der Waals surface area contributed by atoms with E-state index >= 15 is 0 Å². The molecule has 0 unspecified atom stereocenters. The summed E-state index contributed by atoms with van der Waals surface area (Å²) in [6, 6.07) is 3.44. The monoisotopic (exact) mass is 301 g/mol. The van der Waals surface area contributed by atoms with Crippen LogP contribution < -0.4 is 5.73 Å².